The molecule has 1 fully saturated rings. The average Bonchev–Trinajstić information content (AvgIpc) is 2.53. The van der Waals surface area contributed by atoms with Gasteiger partial charge in [0.25, 0.3) is 0 Å². The summed E-state index contributed by atoms with van der Waals surface area (Å²) in [6, 6.07) is -0.0420. The van der Waals surface area contributed by atoms with E-state index in [1.165, 1.54) is 0 Å². The lowest BCUT2D eigenvalue weighted by Crippen LogP contribution is -2.50. The van der Waals surface area contributed by atoms with E-state index in [0.717, 1.165) is 25.8 Å². The number of nitrogens with one attached hydrogen (secondary N) is 1. The summed E-state index contributed by atoms with van der Waals surface area (Å²) in [6.07, 6.45) is 9.39. The van der Waals surface area contributed by atoms with Gasteiger partial charge in [0.05, 0.1) is 5.41 Å². The highest BCUT2D eigenvalue weighted by Gasteiger charge is 2.40. The van der Waals surface area contributed by atoms with E-state index < -0.39 is 11.4 Å². The topological polar surface area (TPSA) is 69.6 Å². The predicted octanol–water partition coefficient (Wildman–Crippen LogP) is 2.63. The Hall–Kier alpha value is -1.52. The maximum atomic E-state index is 12.2. The number of hydrogen-bond donors (Lipinski definition) is 2. The first-order valence-corrected chi connectivity index (χ1v) is 7.98. The number of carbonyl (C=O) groups excluding carboxylic acids is 1. The van der Waals surface area contributed by atoms with Crippen molar-refractivity contribution < 1.29 is 14.7 Å². The molecule has 1 atom stereocenters. The normalized spacial score (nSPS) is 24.6. The fourth-order valence-corrected chi connectivity index (χ4v) is 3.24. The number of amides is 2. The maximum absolute atomic E-state index is 12.2. The van der Waals surface area contributed by atoms with Gasteiger partial charge in [0.2, 0.25) is 0 Å². The zero-order chi connectivity index (χ0) is 15.3. The number of rotatable bonds is 4. The van der Waals surface area contributed by atoms with Crippen LogP contribution in [0.3, 0.4) is 0 Å². The molecule has 1 unspecified atom stereocenters. The highest BCUT2D eigenvalue weighted by molar-refractivity contribution is 5.77. The SMILES string of the molecule is CCC1(C(=O)O)CCN(C(=O)NCC2CC=CCC2)CC1. The van der Waals surface area contributed by atoms with Crippen LogP contribution in [0.1, 0.15) is 45.4 Å². The van der Waals surface area contributed by atoms with Crippen molar-refractivity contribution in [3.63, 3.8) is 0 Å². The van der Waals surface area contributed by atoms with Crippen molar-refractivity contribution in [1.29, 1.82) is 0 Å². The minimum absolute atomic E-state index is 0.0420. The average molecular weight is 294 g/mol. The Labute approximate surface area is 126 Å². The van der Waals surface area contributed by atoms with E-state index >= 15 is 0 Å². The number of allylic oxidation sites excluding steroid dienone is 2. The summed E-state index contributed by atoms with van der Waals surface area (Å²) < 4.78 is 0. The molecule has 0 aromatic rings. The summed E-state index contributed by atoms with van der Waals surface area (Å²) in [5.41, 5.74) is -0.634. The van der Waals surface area contributed by atoms with Crippen LogP contribution in [0.2, 0.25) is 0 Å². The van der Waals surface area contributed by atoms with Crippen LogP contribution in [0.25, 0.3) is 0 Å². The Morgan fingerprint density at radius 1 is 1.33 bits per heavy atom. The summed E-state index contributed by atoms with van der Waals surface area (Å²) in [6.45, 7) is 3.71. The van der Waals surface area contributed by atoms with Gasteiger partial charge in [0, 0.05) is 19.6 Å². The highest BCUT2D eigenvalue weighted by Crippen LogP contribution is 2.35. The van der Waals surface area contributed by atoms with E-state index in [4.69, 9.17) is 0 Å². The molecule has 118 valence electrons. The van der Waals surface area contributed by atoms with Gasteiger partial charge in [0.15, 0.2) is 0 Å². The Kier molecular flexibility index (Phi) is 5.26. The number of hydrogen-bond acceptors (Lipinski definition) is 2. The van der Waals surface area contributed by atoms with Crippen molar-refractivity contribution in [1.82, 2.24) is 10.2 Å². The number of likely N-dealkylation sites (tertiary alicyclic amines) is 1. The van der Waals surface area contributed by atoms with Gasteiger partial charge in [-0.3, -0.25) is 4.79 Å². The molecule has 1 heterocycles. The lowest BCUT2D eigenvalue weighted by atomic mass is 9.76. The van der Waals surface area contributed by atoms with Crippen LogP contribution in [-0.2, 0) is 4.79 Å². The summed E-state index contributed by atoms with van der Waals surface area (Å²) in [5.74, 6) is -0.184. The molecule has 0 aromatic heterocycles. The molecule has 1 aliphatic carbocycles. The molecule has 0 saturated carbocycles. The molecular weight excluding hydrogens is 268 g/mol. The highest BCUT2D eigenvalue weighted by atomic mass is 16.4. The Morgan fingerprint density at radius 2 is 2.05 bits per heavy atom. The van der Waals surface area contributed by atoms with Gasteiger partial charge in [-0.15, -0.1) is 0 Å². The third-order valence-electron chi connectivity index (χ3n) is 5.06. The molecule has 0 aromatic carbocycles. The molecular formula is C16H26N2O3. The van der Waals surface area contributed by atoms with E-state index in [1.807, 2.05) is 6.92 Å². The zero-order valence-electron chi connectivity index (χ0n) is 12.8. The predicted molar refractivity (Wildman–Crippen MR) is 81.0 cm³/mol. The molecule has 0 radical (unpaired) electrons. The van der Waals surface area contributed by atoms with Crippen LogP contribution in [0.4, 0.5) is 4.79 Å². The fourth-order valence-electron chi connectivity index (χ4n) is 3.24. The molecule has 1 aliphatic heterocycles. The molecule has 2 aliphatic rings. The number of carboxylic acid groups (broad SMARTS) is 1. The lowest BCUT2D eigenvalue weighted by molar-refractivity contribution is -0.151. The van der Waals surface area contributed by atoms with Crippen LogP contribution in [0, 0.1) is 11.3 Å². The first-order valence-electron chi connectivity index (χ1n) is 7.98. The first-order chi connectivity index (χ1) is 10.1. The molecule has 5 heteroatoms. The van der Waals surface area contributed by atoms with E-state index in [1.54, 1.807) is 4.90 Å². The fraction of sp³-hybridized carbons (Fsp3) is 0.750. The number of nitrogens with zero attached hydrogens (tertiary/aromatic N) is 1. The summed E-state index contributed by atoms with van der Waals surface area (Å²) >= 11 is 0. The standard InChI is InChI=1S/C16H26N2O3/c1-2-16(14(19)20)8-10-18(11-9-16)15(21)17-12-13-6-4-3-5-7-13/h3-4,13H,2,5-12H2,1H3,(H,17,21)(H,19,20). The molecule has 2 amide bonds. The molecule has 21 heavy (non-hydrogen) atoms. The van der Waals surface area contributed by atoms with Crippen molar-refractivity contribution in [2.24, 2.45) is 11.3 Å². The molecule has 2 N–H and O–H groups in total. The molecule has 0 bridgehead atoms. The van der Waals surface area contributed by atoms with E-state index in [9.17, 15) is 14.7 Å². The van der Waals surface area contributed by atoms with E-state index in [2.05, 4.69) is 17.5 Å². The van der Waals surface area contributed by atoms with Crippen LogP contribution in [-0.4, -0.2) is 41.6 Å². The molecule has 2 rings (SSSR count). The van der Waals surface area contributed by atoms with Crippen molar-refractivity contribution in [2.45, 2.75) is 45.4 Å². The van der Waals surface area contributed by atoms with Crippen molar-refractivity contribution in [2.75, 3.05) is 19.6 Å². The molecule has 0 spiro atoms. The van der Waals surface area contributed by atoms with Crippen LogP contribution in [0.15, 0.2) is 12.2 Å². The van der Waals surface area contributed by atoms with Crippen molar-refractivity contribution in [3.05, 3.63) is 12.2 Å². The van der Waals surface area contributed by atoms with Gasteiger partial charge < -0.3 is 15.3 Å². The largest absolute Gasteiger partial charge is 0.481 e. The minimum Gasteiger partial charge on any atom is -0.481 e. The lowest BCUT2D eigenvalue weighted by Gasteiger charge is -2.38. The van der Waals surface area contributed by atoms with Gasteiger partial charge in [-0.2, -0.15) is 0 Å². The zero-order valence-corrected chi connectivity index (χ0v) is 12.8. The second-order valence-corrected chi connectivity index (χ2v) is 6.26. The van der Waals surface area contributed by atoms with Gasteiger partial charge in [0.1, 0.15) is 0 Å². The Morgan fingerprint density at radius 3 is 2.57 bits per heavy atom. The van der Waals surface area contributed by atoms with Crippen LogP contribution < -0.4 is 5.32 Å². The number of aliphatic carboxylic acids is 1. The van der Waals surface area contributed by atoms with Gasteiger partial charge in [-0.1, -0.05) is 19.1 Å². The third kappa shape index (κ3) is 3.77. The molecule has 1 saturated heterocycles. The molecule has 5 nitrogen and oxygen atoms in total. The maximum Gasteiger partial charge on any atom is 0.317 e. The number of carboxylic acids is 1. The Bertz CT molecular complexity index is 412. The van der Waals surface area contributed by atoms with E-state index in [-0.39, 0.29) is 6.03 Å². The smallest absolute Gasteiger partial charge is 0.317 e. The van der Waals surface area contributed by atoms with Crippen molar-refractivity contribution >= 4 is 12.0 Å². The second kappa shape index (κ2) is 6.96. The third-order valence-corrected chi connectivity index (χ3v) is 5.06. The summed E-state index contributed by atoms with van der Waals surface area (Å²) in [7, 11) is 0. The second-order valence-electron chi connectivity index (χ2n) is 6.26. The minimum atomic E-state index is -0.723. The summed E-state index contributed by atoms with van der Waals surface area (Å²) in [4.78, 5) is 25.3. The van der Waals surface area contributed by atoms with E-state index in [0.29, 0.717) is 38.3 Å². The summed E-state index contributed by atoms with van der Waals surface area (Å²) in [5, 5.41) is 12.4. The Balaban J connectivity index is 1.77. The monoisotopic (exact) mass is 294 g/mol. The van der Waals surface area contributed by atoms with Gasteiger partial charge in [-0.25, -0.2) is 4.79 Å². The quantitative estimate of drug-likeness (QED) is 0.783. The first kappa shape index (κ1) is 15.9. The van der Waals surface area contributed by atoms with Crippen LogP contribution >= 0.6 is 0 Å². The number of piperidine rings is 1. The van der Waals surface area contributed by atoms with Gasteiger partial charge in [-0.05, 0) is 44.4 Å². The number of urea groups is 1. The van der Waals surface area contributed by atoms with Crippen LogP contribution in [0.5, 0.6) is 0 Å². The van der Waals surface area contributed by atoms with Gasteiger partial charge >= 0.3 is 12.0 Å². The van der Waals surface area contributed by atoms with Crippen molar-refractivity contribution in [3.8, 4) is 0 Å². The number of carbonyl (C=O) groups is 2.